The van der Waals surface area contributed by atoms with Crippen molar-refractivity contribution < 1.29 is 8.42 Å². The molecular formula is C14H18ClN3O2S. The number of nitrogens with one attached hydrogen (secondary N) is 1. The molecule has 1 aromatic carbocycles. The molecule has 0 saturated carbocycles. The minimum Gasteiger partial charge on any atom is -0.273 e. The third-order valence-electron chi connectivity index (χ3n) is 3.22. The summed E-state index contributed by atoms with van der Waals surface area (Å²) in [5, 5.41) is 4.68. The van der Waals surface area contributed by atoms with Crippen molar-refractivity contribution in [2.45, 2.75) is 38.8 Å². The van der Waals surface area contributed by atoms with Crippen molar-refractivity contribution in [1.29, 1.82) is 0 Å². The summed E-state index contributed by atoms with van der Waals surface area (Å²) in [7, 11) is -3.57. The molecule has 5 nitrogen and oxygen atoms in total. The molecule has 0 amide bonds. The van der Waals surface area contributed by atoms with Crippen molar-refractivity contribution in [3.8, 4) is 0 Å². The first-order valence-corrected chi connectivity index (χ1v) is 8.47. The number of aromatic nitrogens is 2. The molecule has 0 aliphatic carbocycles. The zero-order valence-corrected chi connectivity index (χ0v) is 13.8. The van der Waals surface area contributed by atoms with Crippen LogP contribution in [0.2, 0.25) is 5.02 Å². The Morgan fingerprint density at radius 2 is 2.00 bits per heavy atom. The lowest BCUT2D eigenvalue weighted by Crippen LogP contribution is -2.24. The monoisotopic (exact) mass is 327 g/mol. The van der Waals surface area contributed by atoms with Gasteiger partial charge in [0.1, 0.15) is 0 Å². The average Bonchev–Trinajstić information content (AvgIpc) is 2.88. The minimum atomic E-state index is -3.57. The highest BCUT2D eigenvalue weighted by atomic mass is 35.5. The minimum absolute atomic E-state index is 0.212. The van der Waals surface area contributed by atoms with Gasteiger partial charge in [-0.1, -0.05) is 11.6 Å². The first kappa shape index (κ1) is 16.0. The van der Waals surface area contributed by atoms with E-state index in [4.69, 9.17) is 11.6 Å². The summed E-state index contributed by atoms with van der Waals surface area (Å²) in [4.78, 5) is 0.257. The van der Waals surface area contributed by atoms with Gasteiger partial charge in [-0.2, -0.15) is 5.10 Å². The Morgan fingerprint density at radius 3 is 2.62 bits per heavy atom. The van der Waals surface area contributed by atoms with Crippen LogP contribution in [0.15, 0.2) is 29.4 Å². The molecular weight excluding hydrogens is 310 g/mol. The zero-order valence-electron chi connectivity index (χ0n) is 12.2. The summed E-state index contributed by atoms with van der Waals surface area (Å²) < 4.78 is 29.1. The quantitative estimate of drug-likeness (QED) is 0.918. The molecule has 1 N–H and O–H groups in total. The molecule has 0 aliphatic heterocycles. The van der Waals surface area contributed by atoms with Crippen molar-refractivity contribution in [3.63, 3.8) is 0 Å². The van der Waals surface area contributed by atoms with Crippen molar-refractivity contribution in [1.82, 2.24) is 14.5 Å². The summed E-state index contributed by atoms with van der Waals surface area (Å²) in [5.41, 5.74) is 2.19. The lowest BCUT2D eigenvalue weighted by Gasteiger charge is -2.10. The van der Waals surface area contributed by atoms with Crippen LogP contribution < -0.4 is 4.72 Å². The number of hydrogen-bond acceptors (Lipinski definition) is 3. The molecule has 2 rings (SSSR count). The highest BCUT2D eigenvalue weighted by molar-refractivity contribution is 7.89. The molecule has 21 heavy (non-hydrogen) atoms. The van der Waals surface area contributed by atoms with Crippen molar-refractivity contribution in [2.24, 2.45) is 0 Å². The Balaban J connectivity index is 2.20. The van der Waals surface area contributed by atoms with Crippen LogP contribution in [-0.4, -0.2) is 18.2 Å². The van der Waals surface area contributed by atoms with Gasteiger partial charge in [-0.25, -0.2) is 13.1 Å². The Morgan fingerprint density at radius 1 is 1.29 bits per heavy atom. The van der Waals surface area contributed by atoms with Gasteiger partial charge in [0, 0.05) is 29.9 Å². The number of nitrogens with zero attached hydrogens (tertiary/aromatic N) is 2. The number of rotatable bonds is 5. The Labute approximate surface area is 130 Å². The van der Waals surface area contributed by atoms with Crippen LogP contribution in [0.25, 0.3) is 0 Å². The molecule has 1 aromatic heterocycles. The molecule has 0 radical (unpaired) electrons. The third kappa shape index (κ3) is 3.64. The molecule has 0 spiro atoms. The first-order valence-electron chi connectivity index (χ1n) is 6.61. The van der Waals surface area contributed by atoms with Crippen molar-refractivity contribution >= 4 is 21.6 Å². The van der Waals surface area contributed by atoms with Gasteiger partial charge in [0.2, 0.25) is 10.0 Å². The Kier molecular flexibility index (Phi) is 4.70. The second-order valence-corrected chi connectivity index (χ2v) is 7.04. The third-order valence-corrected chi connectivity index (χ3v) is 5.17. The van der Waals surface area contributed by atoms with E-state index in [0.29, 0.717) is 10.6 Å². The number of hydrogen-bond donors (Lipinski definition) is 1. The molecule has 0 saturated heterocycles. The fourth-order valence-electron chi connectivity index (χ4n) is 1.97. The Hall–Kier alpha value is -1.37. The standard InChI is InChI=1S/C14H18ClN3O2S/c1-4-18-9-12(7-16-18)8-17-21(19,20)14-6-10(2)13(15)5-11(14)3/h5-7,9,17H,4,8H2,1-3H3. The SMILES string of the molecule is CCn1cc(CNS(=O)(=O)c2cc(C)c(Cl)cc2C)cn1. The molecule has 0 atom stereocenters. The molecule has 0 unspecified atom stereocenters. The largest absolute Gasteiger partial charge is 0.273 e. The summed E-state index contributed by atoms with van der Waals surface area (Å²) in [6.45, 7) is 6.45. The predicted molar refractivity (Wildman–Crippen MR) is 82.9 cm³/mol. The predicted octanol–water partition coefficient (Wildman–Crippen LogP) is 2.65. The molecule has 0 fully saturated rings. The van der Waals surface area contributed by atoms with Gasteiger partial charge in [-0.05, 0) is 44.0 Å². The van der Waals surface area contributed by atoms with Crippen LogP contribution in [0.5, 0.6) is 0 Å². The molecule has 1 heterocycles. The molecule has 7 heteroatoms. The van der Waals surface area contributed by atoms with Crippen LogP contribution >= 0.6 is 11.6 Å². The number of benzene rings is 1. The summed E-state index contributed by atoms with van der Waals surface area (Å²) >= 11 is 6.00. The van der Waals surface area contributed by atoms with E-state index in [0.717, 1.165) is 17.7 Å². The van der Waals surface area contributed by atoms with E-state index in [1.165, 1.54) is 0 Å². The van der Waals surface area contributed by atoms with Crippen molar-refractivity contribution in [3.05, 3.63) is 46.2 Å². The highest BCUT2D eigenvalue weighted by Gasteiger charge is 2.18. The fourth-order valence-corrected chi connectivity index (χ4v) is 3.52. The molecule has 0 bridgehead atoms. The van der Waals surface area contributed by atoms with E-state index in [1.54, 1.807) is 36.9 Å². The van der Waals surface area contributed by atoms with Gasteiger partial charge in [0.05, 0.1) is 11.1 Å². The van der Waals surface area contributed by atoms with E-state index in [2.05, 4.69) is 9.82 Å². The first-order chi connectivity index (χ1) is 9.83. The number of aryl methyl sites for hydroxylation is 3. The van der Waals surface area contributed by atoms with Crippen molar-refractivity contribution in [2.75, 3.05) is 0 Å². The number of halogens is 1. The topological polar surface area (TPSA) is 64.0 Å². The second kappa shape index (κ2) is 6.17. The van der Waals surface area contributed by atoms with Gasteiger partial charge < -0.3 is 0 Å². The lowest BCUT2D eigenvalue weighted by molar-refractivity contribution is 0.580. The summed E-state index contributed by atoms with van der Waals surface area (Å²) in [6, 6.07) is 3.26. The lowest BCUT2D eigenvalue weighted by atomic mass is 10.2. The van der Waals surface area contributed by atoms with E-state index in [1.807, 2.05) is 13.1 Å². The second-order valence-electron chi connectivity index (χ2n) is 4.90. The summed E-state index contributed by atoms with van der Waals surface area (Å²) in [5.74, 6) is 0. The van der Waals surface area contributed by atoms with E-state index >= 15 is 0 Å². The van der Waals surface area contributed by atoms with Crippen LogP contribution in [0, 0.1) is 13.8 Å². The van der Waals surface area contributed by atoms with Crippen LogP contribution in [0.3, 0.4) is 0 Å². The smallest absolute Gasteiger partial charge is 0.241 e. The van der Waals surface area contributed by atoms with Gasteiger partial charge >= 0.3 is 0 Å². The van der Waals surface area contributed by atoms with Gasteiger partial charge in [-0.15, -0.1) is 0 Å². The van der Waals surface area contributed by atoms with Crippen LogP contribution in [0.1, 0.15) is 23.6 Å². The maximum Gasteiger partial charge on any atom is 0.241 e. The van der Waals surface area contributed by atoms with Gasteiger partial charge in [0.15, 0.2) is 0 Å². The van der Waals surface area contributed by atoms with Crippen LogP contribution in [0.4, 0.5) is 0 Å². The highest BCUT2D eigenvalue weighted by Crippen LogP contribution is 2.23. The number of sulfonamides is 1. The fraction of sp³-hybridized carbons (Fsp3) is 0.357. The zero-order chi connectivity index (χ0) is 15.6. The van der Waals surface area contributed by atoms with Gasteiger partial charge in [0.25, 0.3) is 0 Å². The molecule has 114 valence electrons. The summed E-state index contributed by atoms with van der Waals surface area (Å²) in [6.07, 6.45) is 3.48. The maximum absolute atomic E-state index is 12.4. The molecule has 2 aromatic rings. The van der Waals surface area contributed by atoms with Crippen LogP contribution in [-0.2, 0) is 23.1 Å². The molecule has 0 aliphatic rings. The average molecular weight is 328 g/mol. The normalized spacial score (nSPS) is 11.8. The van der Waals surface area contributed by atoms with E-state index in [9.17, 15) is 8.42 Å². The maximum atomic E-state index is 12.4. The van der Waals surface area contributed by atoms with Gasteiger partial charge in [-0.3, -0.25) is 4.68 Å². The van der Waals surface area contributed by atoms with E-state index < -0.39 is 10.0 Å². The Bertz CT molecular complexity index is 754. The van der Waals surface area contributed by atoms with E-state index in [-0.39, 0.29) is 11.4 Å².